The molecule has 59 heavy (non-hydrogen) atoms. The quantitative estimate of drug-likeness (QED) is 0.0618. The van der Waals surface area contributed by atoms with E-state index in [1.807, 2.05) is 60.3 Å². The Kier molecular flexibility index (Phi) is 16.8. The standard InChI is InChI=1S/C45H64N8O5.Pd/c1-12-30-25(2)33-24-38-41(29(6)54)27(4)35(49-38)22-34-26(3)31(15-16-39(55)46-17-13-19-52(7)8)43(50-34)32(21-40(56)58-11)44-42(45(57)47-18-14-20-53(9)10)28(5)36(51-44)23-37(30)48-33;/h22-26,30-31,48,54H,12-21H2,1-11H3,(H,46,55)(H,47,57);/q;+2/p-2/b33-24?,34-22?,37-23?,41-29+,44-32?;/t25-,26+,30-,31+;/m1./s1. The normalized spacial score (nSPS) is 23.8. The Balaban J connectivity index is 0.00000769. The van der Waals surface area contributed by atoms with Crippen LogP contribution in [-0.2, 0) is 34.7 Å². The summed E-state index contributed by atoms with van der Waals surface area (Å²) in [7, 11) is 9.30. The van der Waals surface area contributed by atoms with Gasteiger partial charge in [-0.1, -0.05) is 27.7 Å². The number of carbonyl (C=O) groups is 2. The van der Waals surface area contributed by atoms with E-state index in [9.17, 15) is 19.8 Å². The number of fused-ring (bicyclic) bond motifs is 5. The van der Waals surface area contributed by atoms with Gasteiger partial charge in [0.15, 0.2) is 0 Å². The van der Waals surface area contributed by atoms with E-state index in [-0.39, 0.29) is 68.6 Å². The van der Waals surface area contributed by atoms with E-state index in [0.29, 0.717) is 82.4 Å². The molecule has 322 valence electrons. The number of methoxy groups -OCH3 is 1. The van der Waals surface area contributed by atoms with E-state index in [1.165, 1.54) is 7.11 Å². The number of aliphatic imine (C=N–C) groups is 4. The average Bonchev–Trinajstić information content (AvgIpc) is 3.85. The molecular weight excluding hydrogens is 839 g/mol. The fourth-order valence-electron chi connectivity index (χ4n) is 8.41. The number of hydrogen-bond acceptors (Lipinski definition) is 12. The van der Waals surface area contributed by atoms with Crippen LogP contribution in [-0.4, -0.2) is 106 Å². The van der Waals surface area contributed by atoms with Gasteiger partial charge < -0.3 is 40.4 Å². The van der Waals surface area contributed by atoms with Gasteiger partial charge >= 0.3 is 26.4 Å². The minimum absolute atomic E-state index is 0. The van der Waals surface area contributed by atoms with Crippen LogP contribution in [0.15, 0.2) is 100 Å². The summed E-state index contributed by atoms with van der Waals surface area (Å²) in [5, 5.41) is 34.2. The van der Waals surface area contributed by atoms with Crippen molar-refractivity contribution in [2.24, 2.45) is 43.6 Å². The van der Waals surface area contributed by atoms with Crippen molar-refractivity contribution in [2.75, 3.05) is 61.5 Å². The van der Waals surface area contributed by atoms with Gasteiger partial charge in [0.2, 0.25) is 5.91 Å². The first-order valence-corrected chi connectivity index (χ1v) is 20.6. The van der Waals surface area contributed by atoms with E-state index in [1.54, 1.807) is 6.92 Å². The molecule has 0 aromatic carbocycles. The first kappa shape index (κ1) is 47.5. The molecule has 1 amide bonds. The van der Waals surface area contributed by atoms with Crippen molar-refractivity contribution in [3.63, 3.8) is 0 Å². The molecule has 0 unspecified atom stereocenters. The molecule has 5 rings (SSSR count). The van der Waals surface area contributed by atoms with Gasteiger partial charge in [0.1, 0.15) is 0 Å². The van der Waals surface area contributed by atoms with Crippen LogP contribution < -0.4 is 20.8 Å². The van der Waals surface area contributed by atoms with Gasteiger partial charge in [-0.15, -0.1) is 5.76 Å². The van der Waals surface area contributed by atoms with Gasteiger partial charge in [-0.3, -0.25) is 14.6 Å². The number of hydrogen-bond donors (Lipinski definition) is 2. The summed E-state index contributed by atoms with van der Waals surface area (Å²) >= 11 is 0. The van der Waals surface area contributed by atoms with E-state index in [2.05, 4.69) is 46.2 Å². The maximum Gasteiger partial charge on any atom is 2.00 e. The van der Waals surface area contributed by atoms with Gasteiger partial charge in [0.05, 0.1) is 42.1 Å². The first-order valence-electron chi connectivity index (χ1n) is 20.6. The Bertz CT molecular complexity index is 2020. The van der Waals surface area contributed by atoms with Gasteiger partial charge in [0, 0.05) is 71.4 Å². The number of rotatable bonds is 15. The number of allylic oxidation sites excluding steroid dienone is 10. The molecular formula is C45H62N8O5Pd. The second-order valence-corrected chi connectivity index (χ2v) is 16.5. The summed E-state index contributed by atoms with van der Waals surface area (Å²) in [5.41, 5.74) is 8.12. The molecule has 4 atom stereocenters. The molecule has 0 saturated carbocycles. The fraction of sp³-hybridized carbons (Fsp3) is 0.556. The molecule has 5 aliphatic heterocycles. The van der Waals surface area contributed by atoms with E-state index >= 15 is 0 Å². The monoisotopic (exact) mass is 900 g/mol. The molecule has 0 aromatic heterocycles. The molecule has 5 aliphatic rings. The molecule has 5 heterocycles. The van der Waals surface area contributed by atoms with Crippen LogP contribution in [0.4, 0.5) is 0 Å². The van der Waals surface area contributed by atoms with Crippen molar-refractivity contribution in [2.45, 2.75) is 80.1 Å². The number of esters is 1. The zero-order valence-corrected chi connectivity index (χ0v) is 38.2. The topological polar surface area (TPSA) is 169 Å². The van der Waals surface area contributed by atoms with Crippen LogP contribution in [0.25, 0.3) is 0 Å². The largest absolute Gasteiger partial charge is 2.00 e. The van der Waals surface area contributed by atoms with Crippen molar-refractivity contribution in [3.8, 4) is 0 Å². The molecule has 13 nitrogen and oxygen atoms in total. The number of nitrogens with one attached hydrogen (secondary N) is 2. The summed E-state index contributed by atoms with van der Waals surface area (Å²) in [6.07, 6.45) is 8.73. The Morgan fingerprint density at radius 3 is 2.24 bits per heavy atom. The molecule has 2 N–H and O–H groups in total. The molecule has 14 heteroatoms. The Morgan fingerprint density at radius 2 is 1.59 bits per heavy atom. The summed E-state index contributed by atoms with van der Waals surface area (Å²) in [6.45, 7) is 14.2. The van der Waals surface area contributed by atoms with Crippen LogP contribution in [0.1, 0.15) is 80.1 Å². The van der Waals surface area contributed by atoms with Gasteiger partial charge in [-0.2, -0.15) is 0 Å². The maximum atomic E-state index is 14.3. The number of amides is 1. The second-order valence-electron chi connectivity index (χ2n) is 16.5. The minimum Gasteiger partial charge on any atom is -0.875 e. The van der Waals surface area contributed by atoms with Gasteiger partial charge in [0.25, 0.3) is 0 Å². The summed E-state index contributed by atoms with van der Waals surface area (Å²) < 4.78 is 5.25. The fourth-order valence-corrected chi connectivity index (χ4v) is 8.41. The molecule has 8 bridgehead atoms. The van der Waals surface area contributed by atoms with Gasteiger partial charge in [-0.05, 0) is 122 Å². The zero-order chi connectivity index (χ0) is 42.4. The van der Waals surface area contributed by atoms with Crippen LogP contribution in [0, 0.1) is 23.7 Å². The summed E-state index contributed by atoms with van der Waals surface area (Å²) in [6, 6.07) is 0. The molecule has 1 fully saturated rings. The third kappa shape index (κ3) is 10.9. The van der Waals surface area contributed by atoms with Crippen LogP contribution in [0.2, 0.25) is 0 Å². The van der Waals surface area contributed by atoms with Crippen molar-refractivity contribution in [1.29, 1.82) is 0 Å². The molecule has 0 spiro atoms. The number of carbonyl (C=O) groups excluding carboxylic acids is 2. The van der Waals surface area contributed by atoms with Gasteiger partial charge in [-0.25, -0.2) is 9.98 Å². The predicted molar refractivity (Wildman–Crippen MR) is 228 cm³/mol. The third-order valence-corrected chi connectivity index (χ3v) is 11.8. The van der Waals surface area contributed by atoms with Crippen molar-refractivity contribution in [3.05, 3.63) is 80.3 Å². The number of nitrogens with zero attached hydrogens (tertiary/aromatic N) is 6. The first-order chi connectivity index (χ1) is 27.6. The maximum absolute atomic E-state index is 14.3. The van der Waals surface area contributed by atoms with Crippen LogP contribution >= 0.6 is 0 Å². The van der Waals surface area contributed by atoms with E-state index in [4.69, 9.17) is 19.7 Å². The number of ether oxygens (including phenoxy) is 1. The van der Waals surface area contributed by atoms with E-state index < -0.39 is 11.9 Å². The Morgan fingerprint density at radius 1 is 0.915 bits per heavy atom. The molecule has 0 radical (unpaired) electrons. The van der Waals surface area contributed by atoms with Crippen molar-refractivity contribution in [1.82, 2.24) is 20.4 Å². The Hall–Kier alpha value is -4.22. The molecule has 0 aromatic rings. The summed E-state index contributed by atoms with van der Waals surface area (Å²) in [5.74, 6) is -1.40. The second kappa shape index (κ2) is 20.8. The Labute approximate surface area is 364 Å². The average molecular weight is 901 g/mol. The molecule has 1 saturated heterocycles. The van der Waals surface area contributed by atoms with Crippen LogP contribution in [0.5, 0.6) is 0 Å². The SMILES string of the molecule is CC[C@H]1C2=CC3=NC(=C(CC(=O)OC)C4=NC(=CC5=C(C)/C(=C(/C)[O-])C(=N5)C=C(N2)[C@@H]1C)[C@@H](C)[C@@H]4CCC(=O)NCCCN(C)C)C(C([O-])=NCCCN(C)C)=C3C.[Pd+2]. The van der Waals surface area contributed by atoms with Crippen LogP contribution in [0.3, 0.4) is 0 Å². The van der Waals surface area contributed by atoms with E-state index in [0.717, 1.165) is 42.9 Å². The zero-order valence-electron chi connectivity index (χ0n) is 36.7. The third-order valence-electron chi connectivity index (χ3n) is 11.8. The predicted octanol–water partition coefficient (Wildman–Crippen LogP) is 4.13. The smallest absolute Gasteiger partial charge is 0.875 e. The summed E-state index contributed by atoms with van der Waals surface area (Å²) in [4.78, 5) is 50.8. The minimum atomic E-state index is -0.507. The van der Waals surface area contributed by atoms with Crippen molar-refractivity contribution < 1.29 is 45.0 Å². The van der Waals surface area contributed by atoms with Crippen molar-refractivity contribution >= 4 is 34.9 Å². The molecule has 0 aliphatic carbocycles.